The van der Waals surface area contributed by atoms with E-state index in [-0.39, 0.29) is 5.82 Å². The van der Waals surface area contributed by atoms with Crippen LogP contribution in [0.5, 0.6) is 0 Å². The van der Waals surface area contributed by atoms with Crippen LogP contribution in [0.25, 0.3) is 0 Å². The summed E-state index contributed by atoms with van der Waals surface area (Å²) in [7, 11) is 0. The molecule has 19 heavy (non-hydrogen) atoms. The number of nitrogens with one attached hydrogen (secondary N) is 1. The molecule has 2 nitrogen and oxygen atoms in total. The van der Waals surface area contributed by atoms with Gasteiger partial charge in [0, 0.05) is 24.7 Å². The second-order valence-electron chi connectivity index (χ2n) is 5.41. The van der Waals surface area contributed by atoms with Crippen molar-refractivity contribution in [2.45, 2.75) is 52.2 Å². The maximum atomic E-state index is 13.9. The standard InChI is InChI=1S/C16H25FN2/c1-3-9-19(15-6-7-15)12-14-10-13(11-18-4-2)5-8-16(14)17/h5,8,10,15,18H,3-4,6-7,9,11-12H2,1-2H3. The number of hydrogen-bond donors (Lipinski definition) is 1. The lowest BCUT2D eigenvalue weighted by atomic mass is 10.1. The van der Waals surface area contributed by atoms with Crippen molar-refractivity contribution in [3.8, 4) is 0 Å². The number of rotatable bonds is 8. The van der Waals surface area contributed by atoms with Crippen LogP contribution in [0.2, 0.25) is 0 Å². The summed E-state index contributed by atoms with van der Waals surface area (Å²) in [6.07, 6.45) is 3.69. The van der Waals surface area contributed by atoms with Gasteiger partial charge in [0.1, 0.15) is 5.82 Å². The van der Waals surface area contributed by atoms with Crippen LogP contribution < -0.4 is 5.32 Å². The van der Waals surface area contributed by atoms with E-state index in [2.05, 4.69) is 24.1 Å². The van der Waals surface area contributed by atoms with Gasteiger partial charge in [-0.25, -0.2) is 4.39 Å². The summed E-state index contributed by atoms with van der Waals surface area (Å²) in [5.41, 5.74) is 2.02. The van der Waals surface area contributed by atoms with Crippen LogP contribution in [0.4, 0.5) is 4.39 Å². The molecule has 0 atom stereocenters. The molecule has 106 valence electrons. The zero-order chi connectivity index (χ0) is 13.7. The molecule has 0 saturated heterocycles. The third kappa shape index (κ3) is 4.29. The van der Waals surface area contributed by atoms with Crippen molar-refractivity contribution in [1.82, 2.24) is 10.2 Å². The normalized spacial score (nSPS) is 15.2. The van der Waals surface area contributed by atoms with Crippen molar-refractivity contribution >= 4 is 0 Å². The molecule has 1 fully saturated rings. The molecule has 0 spiro atoms. The van der Waals surface area contributed by atoms with Crippen molar-refractivity contribution in [3.05, 3.63) is 35.1 Å². The minimum Gasteiger partial charge on any atom is -0.313 e. The summed E-state index contributed by atoms with van der Waals surface area (Å²) in [6, 6.07) is 6.20. The summed E-state index contributed by atoms with van der Waals surface area (Å²) < 4.78 is 13.9. The van der Waals surface area contributed by atoms with E-state index >= 15 is 0 Å². The van der Waals surface area contributed by atoms with E-state index in [4.69, 9.17) is 0 Å². The number of halogens is 1. The molecule has 1 aliphatic carbocycles. The maximum Gasteiger partial charge on any atom is 0.127 e. The molecule has 2 rings (SSSR count). The topological polar surface area (TPSA) is 15.3 Å². The van der Waals surface area contributed by atoms with Crippen LogP contribution in [0.1, 0.15) is 44.2 Å². The van der Waals surface area contributed by atoms with Gasteiger partial charge in [-0.05, 0) is 44.0 Å². The maximum absolute atomic E-state index is 13.9. The zero-order valence-electron chi connectivity index (χ0n) is 12.1. The Hall–Kier alpha value is -0.930. The zero-order valence-corrected chi connectivity index (χ0v) is 12.1. The smallest absolute Gasteiger partial charge is 0.127 e. The van der Waals surface area contributed by atoms with Crippen molar-refractivity contribution in [2.75, 3.05) is 13.1 Å². The monoisotopic (exact) mass is 264 g/mol. The predicted octanol–water partition coefficient (Wildman–Crippen LogP) is 3.31. The fourth-order valence-electron chi connectivity index (χ4n) is 2.46. The second-order valence-corrected chi connectivity index (χ2v) is 5.41. The molecule has 3 heteroatoms. The predicted molar refractivity (Wildman–Crippen MR) is 77.5 cm³/mol. The first kappa shape index (κ1) is 14.5. The van der Waals surface area contributed by atoms with Crippen LogP contribution >= 0.6 is 0 Å². The van der Waals surface area contributed by atoms with Gasteiger partial charge in [-0.1, -0.05) is 26.0 Å². The SMILES string of the molecule is CCCN(Cc1cc(CNCC)ccc1F)C1CC1. The van der Waals surface area contributed by atoms with Gasteiger partial charge < -0.3 is 5.32 Å². The van der Waals surface area contributed by atoms with E-state index in [0.717, 1.165) is 38.2 Å². The lowest BCUT2D eigenvalue weighted by Crippen LogP contribution is -2.27. The Kier molecular flexibility index (Phi) is 5.34. The van der Waals surface area contributed by atoms with Crippen LogP contribution in [0, 0.1) is 5.82 Å². The Balaban J connectivity index is 2.04. The highest BCUT2D eigenvalue weighted by molar-refractivity contribution is 5.25. The number of benzene rings is 1. The van der Waals surface area contributed by atoms with E-state index in [1.54, 1.807) is 6.07 Å². The van der Waals surface area contributed by atoms with E-state index in [1.165, 1.54) is 18.4 Å². The Morgan fingerprint density at radius 3 is 2.74 bits per heavy atom. The molecule has 0 amide bonds. The average Bonchev–Trinajstić information content (AvgIpc) is 3.23. The molecule has 0 aromatic heterocycles. The summed E-state index contributed by atoms with van der Waals surface area (Å²) >= 11 is 0. The summed E-state index contributed by atoms with van der Waals surface area (Å²) in [6.45, 7) is 7.86. The lowest BCUT2D eigenvalue weighted by molar-refractivity contribution is 0.251. The van der Waals surface area contributed by atoms with E-state index < -0.39 is 0 Å². The third-order valence-electron chi connectivity index (χ3n) is 3.64. The number of hydrogen-bond acceptors (Lipinski definition) is 2. The molecule has 1 aromatic rings. The van der Waals surface area contributed by atoms with Crippen LogP contribution in [0.15, 0.2) is 18.2 Å². The Morgan fingerprint density at radius 2 is 2.11 bits per heavy atom. The fourth-order valence-corrected chi connectivity index (χ4v) is 2.46. The summed E-state index contributed by atoms with van der Waals surface area (Å²) in [4.78, 5) is 2.43. The van der Waals surface area contributed by atoms with Gasteiger partial charge in [0.2, 0.25) is 0 Å². The first-order chi connectivity index (χ1) is 9.24. The van der Waals surface area contributed by atoms with Crippen LogP contribution in [-0.4, -0.2) is 24.0 Å². The highest BCUT2D eigenvalue weighted by Crippen LogP contribution is 2.29. The van der Waals surface area contributed by atoms with Gasteiger partial charge in [0.15, 0.2) is 0 Å². The van der Waals surface area contributed by atoms with Gasteiger partial charge >= 0.3 is 0 Å². The van der Waals surface area contributed by atoms with Gasteiger partial charge in [-0.2, -0.15) is 0 Å². The van der Waals surface area contributed by atoms with E-state index in [0.29, 0.717) is 6.04 Å². The van der Waals surface area contributed by atoms with E-state index in [1.807, 2.05) is 12.1 Å². The molecule has 1 N–H and O–H groups in total. The highest BCUT2D eigenvalue weighted by Gasteiger charge is 2.28. The van der Waals surface area contributed by atoms with Crippen molar-refractivity contribution in [1.29, 1.82) is 0 Å². The third-order valence-corrected chi connectivity index (χ3v) is 3.64. The molecule has 0 unspecified atom stereocenters. The molecule has 0 bridgehead atoms. The second kappa shape index (κ2) is 7.01. The molecule has 1 saturated carbocycles. The highest BCUT2D eigenvalue weighted by atomic mass is 19.1. The molecule has 0 heterocycles. The fraction of sp³-hybridized carbons (Fsp3) is 0.625. The molecular formula is C16H25FN2. The Labute approximate surface area is 116 Å². The minimum absolute atomic E-state index is 0.0676. The van der Waals surface area contributed by atoms with Crippen molar-refractivity contribution in [2.24, 2.45) is 0 Å². The minimum atomic E-state index is -0.0676. The summed E-state index contributed by atoms with van der Waals surface area (Å²) in [5, 5.41) is 3.29. The van der Waals surface area contributed by atoms with Gasteiger partial charge in [0.05, 0.1) is 0 Å². The molecule has 1 aliphatic rings. The number of nitrogens with zero attached hydrogens (tertiary/aromatic N) is 1. The van der Waals surface area contributed by atoms with Gasteiger partial charge in [-0.3, -0.25) is 4.90 Å². The largest absolute Gasteiger partial charge is 0.313 e. The first-order valence-electron chi connectivity index (χ1n) is 7.46. The van der Waals surface area contributed by atoms with Crippen molar-refractivity contribution in [3.63, 3.8) is 0 Å². The van der Waals surface area contributed by atoms with Gasteiger partial charge in [0.25, 0.3) is 0 Å². The lowest BCUT2D eigenvalue weighted by Gasteiger charge is -2.22. The van der Waals surface area contributed by atoms with Crippen LogP contribution in [-0.2, 0) is 13.1 Å². The average molecular weight is 264 g/mol. The Bertz CT molecular complexity index is 402. The molecular weight excluding hydrogens is 239 g/mol. The van der Waals surface area contributed by atoms with Gasteiger partial charge in [-0.15, -0.1) is 0 Å². The first-order valence-corrected chi connectivity index (χ1v) is 7.46. The van der Waals surface area contributed by atoms with E-state index in [9.17, 15) is 4.39 Å². The summed E-state index contributed by atoms with van der Waals surface area (Å²) in [5.74, 6) is -0.0676. The van der Waals surface area contributed by atoms with Crippen LogP contribution in [0.3, 0.4) is 0 Å². The quantitative estimate of drug-likeness (QED) is 0.775. The Morgan fingerprint density at radius 1 is 1.32 bits per heavy atom. The van der Waals surface area contributed by atoms with Crippen molar-refractivity contribution < 1.29 is 4.39 Å². The molecule has 1 aromatic carbocycles. The molecule has 0 radical (unpaired) electrons. The molecule has 0 aliphatic heterocycles.